The molecule has 0 fully saturated rings. The van der Waals surface area contributed by atoms with Crippen molar-refractivity contribution >= 4 is 18.2 Å². The quantitative estimate of drug-likeness (QED) is 0.476. The van der Waals surface area contributed by atoms with Crippen LogP contribution in [0.4, 0.5) is 30.7 Å². The average molecular weight is 335 g/mol. The molecule has 0 saturated carbocycles. The van der Waals surface area contributed by atoms with Crippen LogP contribution < -0.4 is 15.7 Å². The van der Waals surface area contributed by atoms with Gasteiger partial charge in [-0.15, -0.1) is 0 Å². The zero-order chi connectivity index (χ0) is 17.5. The van der Waals surface area contributed by atoms with Crippen molar-refractivity contribution < 1.29 is 35.5 Å². The van der Waals surface area contributed by atoms with Crippen molar-refractivity contribution in [2.24, 2.45) is 0 Å². The first-order valence-corrected chi connectivity index (χ1v) is 6.09. The minimum Gasteiger partial charge on any atom is -0.491 e. The van der Waals surface area contributed by atoms with Gasteiger partial charge in [-0.05, 0) is 17.8 Å². The summed E-state index contributed by atoms with van der Waals surface area (Å²) in [6.07, 6.45) is 0. The van der Waals surface area contributed by atoms with E-state index in [1.54, 1.807) is 0 Å². The molecule has 0 aliphatic rings. The topological polar surface area (TPSA) is 9.23 Å². The van der Waals surface area contributed by atoms with E-state index < -0.39 is 63.0 Å². The minimum absolute atomic E-state index is 0.216. The van der Waals surface area contributed by atoms with E-state index in [9.17, 15) is 30.7 Å². The zero-order valence-electron chi connectivity index (χ0n) is 11.7. The number of hydrogen-bond acceptors (Lipinski definition) is 1. The van der Waals surface area contributed by atoms with Gasteiger partial charge in [0.15, 0.2) is 17.4 Å². The number of rotatable bonds is 3. The molecule has 9 heteroatoms. The minimum atomic E-state index is -1.90. The standard InChI is InChI=1S/C14H7BF7O/c1-4-5(16)3-6(17)7(9(4)18)15-8-10(19)12(21)14(23-2)13(22)11(8)20/h3H,1-2H3. The van der Waals surface area contributed by atoms with Gasteiger partial charge in [-0.1, -0.05) is 0 Å². The van der Waals surface area contributed by atoms with Crippen molar-refractivity contribution in [2.45, 2.75) is 6.92 Å². The molecule has 0 aliphatic heterocycles. The first-order chi connectivity index (χ1) is 10.7. The predicted molar refractivity (Wildman–Crippen MR) is 68.9 cm³/mol. The van der Waals surface area contributed by atoms with Crippen molar-refractivity contribution in [3.8, 4) is 5.75 Å². The third kappa shape index (κ3) is 2.75. The largest absolute Gasteiger partial charge is 0.491 e. The summed E-state index contributed by atoms with van der Waals surface area (Å²) in [5.41, 5.74) is -3.01. The molecule has 23 heavy (non-hydrogen) atoms. The second-order valence-electron chi connectivity index (χ2n) is 4.54. The van der Waals surface area contributed by atoms with Crippen LogP contribution in [-0.4, -0.2) is 14.4 Å². The molecule has 0 spiro atoms. The highest BCUT2D eigenvalue weighted by Crippen LogP contribution is 2.24. The highest BCUT2D eigenvalue weighted by atomic mass is 19.2. The fourth-order valence-corrected chi connectivity index (χ4v) is 1.92. The van der Waals surface area contributed by atoms with Gasteiger partial charge in [-0.3, -0.25) is 0 Å². The molecular formula is C14H7BF7O. The second-order valence-corrected chi connectivity index (χ2v) is 4.54. The predicted octanol–water partition coefficient (Wildman–Crippen LogP) is 2.63. The maximum absolute atomic E-state index is 13.9. The Hall–Kier alpha value is -2.19. The molecule has 0 aliphatic carbocycles. The monoisotopic (exact) mass is 335 g/mol. The Morgan fingerprint density at radius 3 is 1.74 bits per heavy atom. The third-order valence-corrected chi connectivity index (χ3v) is 3.18. The van der Waals surface area contributed by atoms with Gasteiger partial charge in [0.2, 0.25) is 18.9 Å². The summed E-state index contributed by atoms with van der Waals surface area (Å²) < 4.78 is 99.6. The first kappa shape index (κ1) is 17.2. The van der Waals surface area contributed by atoms with Gasteiger partial charge in [0, 0.05) is 11.6 Å². The smallest absolute Gasteiger partial charge is 0.207 e. The molecule has 0 bridgehead atoms. The molecule has 0 aromatic heterocycles. The normalized spacial score (nSPS) is 10.8. The van der Waals surface area contributed by atoms with Crippen molar-refractivity contribution in [1.29, 1.82) is 0 Å². The van der Waals surface area contributed by atoms with E-state index in [-0.39, 0.29) is 13.3 Å². The Balaban J connectivity index is 2.65. The van der Waals surface area contributed by atoms with Gasteiger partial charge in [-0.2, -0.15) is 8.78 Å². The van der Waals surface area contributed by atoms with E-state index in [2.05, 4.69) is 4.74 Å². The fraction of sp³-hybridized carbons (Fsp3) is 0.143. The molecule has 0 unspecified atom stereocenters. The zero-order valence-corrected chi connectivity index (χ0v) is 11.7. The highest BCUT2D eigenvalue weighted by Gasteiger charge is 2.28. The molecule has 1 radical (unpaired) electrons. The molecule has 0 heterocycles. The lowest BCUT2D eigenvalue weighted by atomic mass is 9.62. The lowest BCUT2D eigenvalue weighted by Crippen LogP contribution is -2.38. The van der Waals surface area contributed by atoms with Gasteiger partial charge in [-0.25, -0.2) is 22.0 Å². The molecule has 1 nitrogen and oxygen atoms in total. The Labute approximate surface area is 126 Å². The van der Waals surface area contributed by atoms with Crippen LogP contribution in [0, 0.1) is 47.6 Å². The van der Waals surface area contributed by atoms with Crippen LogP contribution >= 0.6 is 0 Å². The van der Waals surface area contributed by atoms with Gasteiger partial charge in [0.25, 0.3) is 0 Å². The Bertz CT molecular complexity index is 763. The Kier molecular flexibility index (Phi) is 4.58. The van der Waals surface area contributed by atoms with Crippen molar-refractivity contribution in [3.05, 3.63) is 52.4 Å². The van der Waals surface area contributed by atoms with E-state index >= 15 is 0 Å². The number of benzene rings is 2. The van der Waals surface area contributed by atoms with Crippen LogP contribution in [0.2, 0.25) is 0 Å². The average Bonchev–Trinajstić information content (AvgIpc) is 2.51. The summed E-state index contributed by atoms with van der Waals surface area (Å²) in [6.45, 7) is 0.962. The molecule has 0 saturated heterocycles. The van der Waals surface area contributed by atoms with Crippen LogP contribution in [0.3, 0.4) is 0 Å². The summed E-state index contributed by atoms with van der Waals surface area (Å²) in [5, 5.41) is 0. The number of hydrogen-bond donors (Lipinski definition) is 0. The van der Waals surface area contributed by atoms with E-state index in [1.807, 2.05) is 0 Å². The Morgan fingerprint density at radius 1 is 0.739 bits per heavy atom. The number of ether oxygens (including phenoxy) is 1. The Morgan fingerprint density at radius 2 is 1.26 bits per heavy atom. The highest BCUT2D eigenvalue weighted by molar-refractivity contribution is 6.67. The van der Waals surface area contributed by atoms with Gasteiger partial charge in [0.05, 0.1) is 7.11 Å². The van der Waals surface area contributed by atoms with Gasteiger partial charge in [0.1, 0.15) is 17.5 Å². The van der Waals surface area contributed by atoms with Crippen molar-refractivity contribution in [1.82, 2.24) is 0 Å². The first-order valence-electron chi connectivity index (χ1n) is 6.09. The van der Waals surface area contributed by atoms with E-state index in [1.165, 1.54) is 0 Å². The summed E-state index contributed by atoms with van der Waals surface area (Å²) in [7, 11) is 1.000. The molecule has 0 amide bonds. The molecule has 2 rings (SSSR count). The molecule has 0 atom stereocenters. The molecule has 121 valence electrons. The van der Waals surface area contributed by atoms with E-state index in [4.69, 9.17) is 0 Å². The van der Waals surface area contributed by atoms with Crippen LogP contribution in [-0.2, 0) is 0 Å². The molecular weight excluding hydrogens is 328 g/mol. The number of methoxy groups -OCH3 is 1. The summed E-state index contributed by atoms with van der Waals surface area (Å²) in [4.78, 5) is 0. The number of halogens is 7. The lowest BCUT2D eigenvalue weighted by Gasteiger charge is -2.12. The van der Waals surface area contributed by atoms with Crippen LogP contribution in [0.25, 0.3) is 0 Å². The van der Waals surface area contributed by atoms with Crippen LogP contribution in [0.1, 0.15) is 5.56 Å². The fourth-order valence-electron chi connectivity index (χ4n) is 1.92. The van der Waals surface area contributed by atoms with Gasteiger partial charge >= 0.3 is 0 Å². The maximum atomic E-state index is 13.9. The molecule has 2 aromatic carbocycles. The summed E-state index contributed by atoms with van der Waals surface area (Å²) in [5.74, 6) is -13.0. The van der Waals surface area contributed by atoms with Crippen LogP contribution in [0.5, 0.6) is 5.75 Å². The molecule has 0 N–H and O–H groups in total. The van der Waals surface area contributed by atoms with E-state index in [0.29, 0.717) is 0 Å². The lowest BCUT2D eigenvalue weighted by molar-refractivity contribution is 0.335. The maximum Gasteiger partial charge on any atom is 0.207 e. The summed E-state index contributed by atoms with van der Waals surface area (Å²) >= 11 is 0. The SMILES string of the molecule is COc1c(F)c(F)c([B]c2c(F)cc(F)c(C)c2F)c(F)c1F. The van der Waals surface area contributed by atoms with Crippen molar-refractivity contribution in [2.75, 3.05) is 7.11 Å². The van der Waals surface area contributed by atoms with E-state index in [0.717, 1.165) is 14.0 Å². The van der Waals surface area contributed by atoms with Crippen LogP contribution in [0.15, 0.2) is 6.07 Å². The van der Waals surface area contributed by atoms with Gasteiger partial charge < -0.3 is 4.74 Å². The van der Waals surface area contributed by atoms with Crippen molar-refractivity contribution in [3.63, 3.8) is 0 Å². The second kappa shape index (κ2) is 6.13. The summed E-state index contributed by atoms with van der Waals surface area (Å²) in [6, 6.07) is 0.288. The molecule has 2 aromatic rings. The third-order valence-electron chi connectivity index (χ3n) is 3.18.